The molecule has 0 spiro atoms. The largest absolute Gasteiger partial charge is 0.322 e. The number of anilines is 3. The van der Waals surface area contributed by atoms with Crippen molar-refractivity contribution >= 4 is 61.8 Å². The molecule has 2 amide bonds. The van der Waals surface area contributed by atoms with Crippen LogP contribution in [0.2, 0.25) is 5.02 Å². The Kier molecular flexibility index (Phi) is 6.45. The Bertz CT molecular complexity index is 1220. The van der Waals surface area contributed by atoms with Gasteiger partial charge in [-0.15, -0.1) is 11.3 Å². The molecule has 3 N–H and O–H groups in total. The summed E-state index contributed by atoms with van der Waals surface area (Å²) in [6.45, 7) is 1.87. The second kappa shape index (κ2) is 8.86. The molecule has 2 aromatic carbocycles. The summed E-state index contributed by atoms with van der Waals surface area (Å²) in [6.07, 6.45) is 1.04. The summed E-state index contributed by atoms with van der Waals surface area (Å²) in [5.41, 5.74) is 2.55. The van der Waals surface area contributed by atoms with Gasteiger partial charge in [0.2, 0.25) is 10.0 Å². The zero-order valence-corrected chi connectivity index (χ0v) is 18.4. The molecule has 0 bridgehead atoms. The fourth-order valence-electron chi connectivity index (χ4n) is 2.52. The van der Waals surface area contributed by atoms with Crippen LogP contribution in [0.25, 0.3) is 0 Å². The third kappa shape index (κ3) is 5.82. The van der Waals surface area contributed by atoms with E-state index in [-0.39, 0.29) is 5.91 Å². The van der Waals surface area contributed by atoms with Crippen LogP contribution in [0.5, 0.6) is 0 Å². The van der Waals surface area contributed by atoms with Gasteiger partial charge in [0.1, 0.15) is 0 Å². The number of carbonyl (C=O) groups is 2. The molecule has 0 saturated carbocycles. The Hall–Kier alpha value is -2.88. The number of thiophene rings is 1. The molecule has 3 aromatic rings. The van der Waals surface area contributed by atoms with Gasteiger partial charge in [-0.2, -0.15) is 0 Å². The molecule has 0 atom stereocenters. The molecule has 7 nitrogen and oxygen atoms in total. The van der Waals surface area contributed by atoms with Gasteiger partial charge >= 0.3 is 0 Å². The molecular formula is C20H18ClN3O4S2. The molecule has 0 radical (unpaired) electrons. The average Bonchev–Trinajstić information content (AvgIpc) is 3.14. The Balaban J connectivity index is 1.68. The van der Waals surface area contributed by atoms with E-state index >= 15 is 0 Å². The highest BCUT2D eigenvalue weighted by Gasteiger charge is 2.15. The van der Waals surface area contributed by atoms with Crippen molar-refractivity contribution in [3.05, 3.63) is 74.9 Å². The normalized spacial score (nSPS) is 11.0. The lowest BCUT2D eigenvalue weighted by atomic mass is 10.2. The van der Waals surface area contributed by atoms with E-state index in [9.17, 15) is 18.0 Å². The van der Waals surface area contributed by atoms with Crippen molar-refractivity contribution in [3.8, 4) is 0 Å². The van der Waals surface area contributed by atoms with Crippen molar-refractivity contribution < 1.29 is 18.0 Å². The number of sulfonamides is 1. The van der Waals surface area contributed by atoms with E-state index in [1.807, 2.05) is 6.92 Å². The average molecular weight is 464 g/mol. The van der Waals surface area contributed by atoms with Gasteiger partial charge in [-0.05, 0) is 48.9 Å². The number of hydrogen-bond donors (Lipinski definition) is 3. The van der Waals surface area contributed by atoms with Crippen molar-refractivity contribution in [1.82, 2.24) is 0 Å². The van der Waals surface area contributed by atoms with Crippen LogP contribution in [0.3, 0.4) is 0 Å². The molecule has 156 valence electrons. The van der Waals surface area contributed by atoms with Crippen molar-refractivity contribution in [1.29, 1.82) is 0 Å². The van der Waals surface area contributed by atoms with E-state index < -0.39 is 15.9 Å². The van der Waals surface area contributed by atoms with E-state index in [0.29, 0.717) is 32.5 Å². The number of aryl methyl sites for hydroxylation is 1. The lowest BCUT2D eigenvalue weighted by Crippen LogP contribution is -2.13. The zero-order chi connectivity index (χ0) is 21.9. The van der Waals surface area contributed by atoms with Crippen LogP contribution in [0.4, 0.5) is 17.1 Å². The molecule has 0 aliphatic carbocycles. The fraction of sp³-hybridized carbons (Fsp3) is 0.100. The monoisotopic (exact) mass is 463 g/mol. The molecule has 30 heavy (non-hydrogen) atoms. The first-order valence-corrected chi connectivity index (χ1v) is 11.8. The van der Waals surface area contributed by atoms with Gasteiger partial charge in [0.25, 0.3) is 11.8 Å². The van der Waals surface area contributed by atoms with Crippen molar-refractivity contribution in [2.24, 2.45) is 0 Å². The minimum absolute atomic E-state index is 0.332. The topological polar surface area (TPSA) is 104 Å². The molecule has 10 heteroatoms. The molecule has 1 aromatic heterocycles. The highest BCUT2D eigenvalue weighted by Crippen LogP contribution is 2.23. The maximum Gasteiger partial charge on any atom is 0.265 e. The summed E-state index contributed by atoms with van der Waals surface area (Å²) >= 11 is 7.20. The van der Waals surface area contributed by atoms with Crippen LogP contribution in [-0.2, 0) is 10.0 Å². The summed E-state index contributed by atoms with van der Waals surface area (Å²) in [7, 11) is -3.43. The van der Waals surface area contributed by atoms with Gasteiger partial charge in [0.05, 0.1) is 22.4 Å². The van der Waals surface area contributed by atoms with Gasteiger partial charge in [0, 0.05) is 21.8 Å². The zero-order valence-electron chi connectivity index (χ0n) is 16.0. The van der Waals surface area contributed by atoms with E-state index in [1.165, 1.54) is 12.1 Å². The predicted octanol–water partition coefficient (Wildman–Crippen LogP) is 4.59. The fourth-order valence-corrected chi connectivity index (χ4v) is 4.03. The molecule has 0 aliphatic rings. The maximum atomic E-state index is 12.5. The molecule has 0 fully saturated rings. The molecule has 0 saturated heterocycles. The quantitative estimate of drug-likeness (QED) is 0.497. The standard InChI is InChI=1S/C20H18ClN3O4S2/c1-12-6-7-15(10-17(12)21)22-19(25)13-8-18(29-11-13)20(26)23-14-4-3-5-16(9-14)24-30(2,27)28/h3-11,24H,1-2H3,(H,22,25)(H,23,26). The van der Waals surface area contributed by atoms with E-state index in [2.05, 4.69) is 15.4 Å². The minimum Gasteiger partial charge on any atom is -0.322 e. The Labute approximate surface area is 183 Å². The second-order valence-corrected chi connectivity index (χ2v) is 9.59. The third-order valence-electron chi connectivity index (χ3n) is 3.94. The Morgan fingerprint density at radius 2 is 1.60 bits per heavy atom. The number of benzene rings is 2. The first-order chi connectivity index (χ1) is 14.1. The van der Waals surface area contributed by atoms with Crippen LogP contribution in [0.1, 0.15) is 25.6 Å². The van der Waals surface area contributed by atoms with Crippen LogP contribution in [0, 0.1) is 6.92 Å². The number of halogens is 1. The van der Waals surface area contributed by atoms with Crippen LogP contribution < -0.4 is 15.4 Å². The number of nitrogens with one attached hydrogen (secondary N) is 3. The first-order valence-electron chi connectivity index (χ1n) is 8.66. The van der Waals surface area contributed by atoms with Gasteiger partial charge in [-0.1, -0.05) is 23.7 Å². The highest BCUT2D eigenvalue weighted by atomic mass is 35.5. The molecule has 0 unspecified atom stereocenters. The van der Waals surface area contributed by atoms with E-state index in [4.69, 9.17) is 11.6 Å². The van der Waals surface area contributed by atoms with Gasteiger partial charge in [-0.3, -0.25) is 14.3 Å². The lowest BCUT2D eigenvalue weighted by Gasteiger charge is -2.07. The molecule has 0 aliphatic heterocycles. The predicted molar refractivity (Wildman–Crippen MR) is 121 cm³/mol. The maximum absolute atomic E-state index is 12.5. The van der Waals surface area contributed by atoms with Gasteiger partial charge < -0.3 is 10.6 Å². The molecule has 1 heterocycles. The summed E-state index contributed by atoms with van der Waals surface area (Å²) in [6, 6.07) is 13.0. The summed E-state index contributed by atoms with van der Waals surface area (Å²) < 4.78 is 25.0. The van der Waals surface area contributed by atoms with Crippen molar-refractivity contribution in [2.75, 3.05) is 21.6 Å². The number of amides is 2. The summed E-state index contributed by atoms with van der Waals surface area (Å²) in [5, 5.41) is 7.56. The smallest absolute Gasteiger partial charge is 0.265 e. The van der Waals surface area contributed by atoms with Gasteiger partial charge in [0.15, 0.2) is 0 Å². The molecular weight excluding hydrogens is 446 g/mol. The minimum atomic E-state index is -3.43. The Morgan fingerprint density at radius 3 is 2.30 bits per heavy atom. The third-order valence-corrected chi connectivity index (χ3v) is 5.88. The van der Waals surface area contributed by atoms with Crippen LogP contribution >= 0.6 is 22.9 Å². The lowest BCUT2D eigenvalue weighted by molar-refractivity contribution is 0.102. The first kappa shape index (κ1) is 21.8. The van der Waals surface area contributed by atoms with Crippen LogP contribution in [-0.4, -0.2) is 26.5 Å². The van der Waals surface area contributed by atoms with E-state index in [1.54, 1.807) is 41.8 Å². The summed E-state index contributed by atoms with van der Waals surface area (Å²) in [5.74, 6) is -0.765. The highest BCUT2D eigenvalue weighted by molar-refractivity contribution is 7.92. The van der Waals surface area contributed by atoms with E-state index in [0.717, 1.165) is 23.2 Å². The second-order valence-electron chi connectivity index (χ2n) is 6.53. The van der Waals surface area contributed by atoms with Gasteiger partial charge in [-0.25, -0.2) is 8.42 Å². The number of hydrogen-bond acceptors (Lipinski definition) is 5. The van der Waals surface area contributed by atoms with Crippen LogP contribution in [0.15, 0.2) is 53.9 Å². The number of rotatable bonds is 6. The van der Waals surface area contributed by atoms with Crippen molar-refractivity contribution in [3.63, 3.8) is 0 Å². The molecule has 3 rings (SSSR count). The number of carbonyl (C=O) groups excluding carboxylic acids is 2. The van der Waals surface area contributed by atoms with Crippen molar-refractivity contribution in [2.45, 2.75) is 6.92 Å². The summed E-state index contributed by atoms with van der Waals surface area (Å²) in [4.78, 5) is 25.3. The SMILES string of the molecule is Cc1ccc(NC(=O)c2csc(C(=O)Nc3cccc(NS(C)(=O)=O)c3)c2)cc1Cl. The Morgan fingerprint density at radius 1 is 0.933 bits per heavy atom.